The van der Waals surface area contributed by atoms with Crippen LogP contribution in [0.2, 0.25) is 0 Å². The van der Waals surface area contributed by atoms with Gasteiger partial charge in [-0.25, -0.2) is 0 Å². The van der Waals surface area contributed by atoms with Crippen LogP contribution < -0.4 is 0 Å². The molecule has 0 bridgehead atoms. The highest BCUT2D eigenvalue weighted by Crippen LogP contribution is 2.35. The van der Waals surface area contributed by atoms with Crippen LogP contribution in [0, 0.1) is 11.8 Å². The molecule has 202 valence electrons. The van der Waals surface area contributed by atoms with E-state index < -0.39 is 0 Å². The van der Waals surface area contributed by atoms with E-state index in [0.29, 0.717) is 0 Å². The van der Waals surface area contributed by atoms with E-state index in [0.717, 1.165) is 77.0 Å². The molecule has 2 unspecified atom stereocenters. The normalized spacial score (nSPS) is 18.4. The quantitative estimate of drug-likeness (QED) is 0.157. The van der Waals surface area contributed by atoms with Gasteiger partial charge in [0.15, 0.2) is 0 Å². The lowest BCUT2D eigenvalue weighted by atomic mass is 9.77. The number of hydrogen-bond acceptors (Lipinski definition) is 2. The van der Waals surface area contributed by atoms with E-state index in [4.69, 9.17) is 4.74 Å². The van der Waals surface area contributed by atoms with Crippen molar-refractivity contribution in [1.82, 2.24) is 0 Å². The molecular formula is C34H54O2. The van der Waals surface area contributed by atoms with Crippen LogP contribution in [-0.2, 0) is 9.53 Å². The number of hydrogen-bond donors (Lipinski definition) is 0. The molecule has 2 atom stereocenters. The number of methoxy groups -OCH3 is 1. The van der Waals surface area contributed by atoms with Crippen LogP contribution >= 0.6 is 0 Å². The van der Waals surface area contributed by atoms with Gasteiger partial charge in [-0.3, -0.25) is 4.79 Å². The molecule has 0 fully saturated rings. The summed E-state index contributed by atoms with van der Waals surface area (Å²) in [6.07, 6.45) is 24.5. The number of carbonyl (C=O) groups is 1. The first-order valence-corrected chi connectivity index (χ1v) is 14.1. The van der Waals surface area contributed by atoms with Crippen molar-refractivity contribution in [2.75, 3.05) is 7.11 Å². The second-order valence-electron chi connectivity index (χ2n) is 11.3. The summed E-state index contributed by atoms with van der Waals surface area (Å²) >= 11 is 0. The van der Waals surface area contributed by atoms with Gasteiger partial charge in [-0.1, -0.05) is 70.4 Å². The average Bonchev–Trinajstić information content (AvgIpc) is 2.82. The highest BCUT2D eigenvalue weighted by atomic mass is 16.5. The Morgan fingerprint density at radius 2 is 1.42 bits per heavy atom. The molecule has 2 heteroatoms. The van der Waals surface area contributed by atoms with Gasteiger partial charge in [0.1, 0.15) is 0 Å². The summed E-state index contributed by atoms with van der Waals surface area (Å²) in [5, 5.41) is 0. The van der Waals surface area contributed by atoms with Gasteiger partial charge in [-0.05, 0) is 125 Å². The number of allylic oxidation sites excluding steroid dienone is 11. The minimum atomic E-state index is -0.0501. The Bertz CT molecular complexity index is 838. The van der Waals surface area contributed by atoms with Crippen LogP contribution in [0.25, 0.3) is 0 Å². The molecule has 0 aromatic heterocycles. The fraction of sp³-hybridized carbons (Fsp3) is 0.618. The Labute approximate surface area is 223 Å². The lowest BCUT2D eigenvalue weighted by Crippen LogP contribution is -2.27. The smallest absolute Gasteiger partial charge is 0.309 e. The predicted molar refractivity (Wildman–Crippen MR) is 158 cm³/mol. The van der Waals surface area contributed by atoms with Crippen LogP contribution in [0.5, 0.6) is 0 Å². The Kier molecular flexibility index (Phi) is 16.1. The number of ether oxygens (including phenoxy) is 1. The zero-order valence-electron chi connectivity index (χ0n) is 24.6. The van der Waals surface area contributed by atoms with Crippen LogP contribution in [0.15, 0.2) is 70.4 Å². The largest absolute Gasteiger partial charge is 0.469 e. The molecule has 0 saturated carbocycles. The molecule has 36 heavy (non-hydrogen) atoms. The van der Waals surface area contributed by atoms with Crippen molar-refractivity contribution in [2.45, 2.75) is 119 Å². The molecule has 0 aromatic carbocycles. The molecule has 0 aromatic rings. The Balaban J connectivity index is 2.59. The van der Waals surface area contributed by atoms with Gasteiger partial charge in [0, 0.05) is 0 Å². The molecule has 0 amide bonds. The van der Waals surface area contributed by atoms with Crippen LogP contribution in [0.3, 0.4) is 0 Å². The summed E-state index contributed by atoms with van der Waals surface area (Å²) in [5.41, 5.74) is 8.53. The second kappa shape index (κ2) is 18.2. The molecular weight excluding hydrogens is 440 g/mol. The van der Waals surface area contributed by atoms with E-state index in [-0.39, 0.29) is 17.8 Å². The van der Waals surface area contributed by atoms with Crippen LogP contribution in [0.4, 0.5) is 0 Å². The first-order chi connectivity index (χ1) is 17.1. The van der Waals surface area contributed by atoms with Crippen molar-refractivity contribution in [3.63, 3.8) is 0 Å². The molecule has 0 saturated heterocycles. The lowest BCUT2D eigenvalue weighted by Gasteiger charge is -2.29. The summed E-state index contributed by atoms with van der Waals surface area (Å²) in [6, 6.07) is 0. The summed E-state index contributed by atoms with van der Waals surface area (Å²) < 4.78 is 5.15. The van der Waals surface area contributed by atoms with Crippen LogP contribution in [0.1, 0.15) is 119 Å². The molecule has 2 nitrogen and oxygen atoms in total. The van der Waals surface area contributed by atoms with Gasteiger partial charge in [-0.15, -0.1) is 0 Å². The molecule has 0 heterocycles. The first kappa shape index (κ1) is 31.9. The van der Waals surface area contributed by atoms with Gasteiger partial charge in [0.2, 0.25) is 0 Å². The summed E-state index contributed by atoms with van der Waals surface area (Å²) in [6.45, 7) is 17.5. The highest BCUT2D eigenvalue weighted by molar-refractivity contribution is 5.73. The van der Waals surface area contributed by atoms with Crippen molar-refractivity contribution in [2.24, 2.45) is 11.8 Å². The van der Waals surface area contributed by atoms with Gasteiger partial charge in [0.05, 0.1) is 13.0 Å². The molecule has 1 aliphatic carbocycles. The Hall–Kier alpha value is -2.09. The zero-order valence-corrected chi connectivity index (χ0v) is 24.6. The van der Waals surface area contributed by atoms with Crippen molar-refractivity contribution in [3.8, 4) is 0 Å². The number of rotatable bonds is 16. The topological polar surface area (TPSA) is 26.3 Å². The molecule has 1 rings (SSSR count). The predicted octanol–water partition coefficient (Wildman–Crippen LogP) is 10.4. The minimum absolute atomic E-state index is 0.00915. The second-order valence-corrected chi connectivity index (χ2v) is 11.3. The van der Waals surface area contributed by atoms with E-state index in [1.165, 1.54) is 40.5 Å². The Morgan fingerprint density at radius 3 is 1.97 bits per heavy atom. The summed E-state index contributed by atoms with van der Waals surface area (Å²) in [5.74, 6) is 0.206. The molecule has 0 aliphatic heterocycles. The number of carbonyl (C=O) groups excluding carboxylic acids is 1. The maximum Gasteiger partial charge on any atom is 0.309 e. The van der Waals surface area contributed by atoms with Crippen molar-refractivity contribution >= 4 is 5.97 Å². The van der Waals surface area contributed by atoms with Gasteiger partial charge < -0.3 is 4.74 Å². The fourth-order valence-corrected chi connectivity index (χ4v) is 4.90. The van der Waals surface area contributed by atoms with Gasteiger partial charge >= 0.3 is 5.97 Å². The summed E-state index contributed by atoms with van der Waals surface area (Å²) in [7, 11) is 1.52. The minimum Gasteiger partial charge on any atom is -0.469 e. The third-order valence-electron chi connectivity index (χ3n) is 7.21. The first-order valence-electron chi connectivity index (χ1n) is 14.1. The maximum absolute atomic E-state index is 12.5. The Morgan fingerprint density at radius 1 is 0.861 bits per heavy atom. The van der Waals surface area contributed by atoms with Crippen molar-refractivity contribution in [1.29, 1.82) is 0 Å². The third-order valence-corrected chi connectivity index (χ3v) is 7.21. The lowest BCUT2D eigenvalue weighted by molar-refractivity contribution is -0.147. The van der Waals surface area contributed by atoms with Gasteiger partial charge in [0.25, 0.3) is 0 Å². The monoisotopic (exact) mass is 494 g/mol. The van der Waals surface area contributed by atoms with E-state index in [9.17, 15) is 4.79 Å². The molecule has 0 spiro atoms. The third kappa shape index (κ3) is 14.5. The number of esters is 1. The SMILES string of the molecule is C=C(CC/C=C(\C)CCC=C(C)C)CCC1C=C(CC/C=C(\C)CCC=C(C)C)CCC1C(=O)OC. The molecule has 1 aliphatic rings. The van der Waals surface area contributed by atoms with Crippen LogP contribution in [-0.4, -0.2) is 13.1 Å². The zero-order chi connectivity index (χ0) is 26.9. The van der Waals surface area contributed by atoms with Crippen molar-refractivity contribution in [3.05, 3.63) is 70.4 Å². The molecule has 0 N–H and O–H groups in total. The van der Waals surface area contributed by atoms with E-state index in [2.05, 4.69) is 78.5 Å². The van der Waals surface area contributed by atoms with E-state index >= 15 is 0 Å². The van der Waals surface area contributed by atoms with Gasteiger partial charge in [-0.2, -0.15) is 0 Å². The van der Waals surface area contributed by atoms with E-state index in [1.54, 1.807) is 0 Å². The fourth-order valence-electron chi connectivity index (χ4n) is 4.90. The average molecular weight is 495 g/mol. The van der Waals surface area contributed by atoms with E-state index in [1.807, 2.05) is 0 Å². The highest BCUT2D eigenvalue weighted by Gasteiger charge is 2.30. The standard InChI is InChI=1S/C34H54O2/c1-26(2)13-9-15-28(5)17-11-18-30(7)21-23-32-25-31(22-24-33(32)34(35)36-8)20-12-19-29(6)16-10-14-27(3)4/h13-14,17,19,25,32-33H,7,9-12,15-16,18,20-24H2,1-6,8H3/b28-17+,29-19+. The molecule has 0 radical (unpaired) electrons. The maximum atomic E-state index is 12.5. The summed E-state index contributed by atoms with van der Waals surface area (Å²) in [4.78, 5) is 12.5. The van der Waals surface area contributed by atoms with Crippen molar-refractivity contribution < 1.29 is 9.53 Å².